The molecule has 1 aliphatic heterocycles. The number of halogens is 1. The van der Waals surface area contributed by atoms with Crippen LogP contribution in [0.15, 0.2) is 60.7 Å². The van der Waals surface area contributed by atoms with E-state index in [-0.39, 0.29) is 0 Å². The molecule has 1 fully saturated rings. The second kappa shape index (κ2) is 5.99. The van der Waals surface area contributed by atoms with Gasteiger partial charge < -0.3 is 5.32 Å². The van der Waals surface area contributed by atoms with E-state index in [0.717, 1.165) is 25.9 Å². The second-order valence-corrected chi connectivity index (χ2v) is 6.06. The van der Waals surface area contributed by atoms with Crippen LogP contribution in [0.3, 0.4) is 0 Å². The molecule has 0 unspecified atom stereocenters. The molecule has 0 amide bonds. The Morgan fingerprint density at radius 3 is 1.70 bits per heavy atom. The van der Waals surface area contributed by atoms with Crippen molar-refractivity contribution in [1.82, 2.24) is 5.32 Å². The number of nitrogens with one attached hydrogen (secondary N) is 1. The summed E-state index contributed by atoms with van der Waals surface area (Å²) < 4.78 is 0. The van der Waals surface area contributed by atoms with Gasteiger partial charge in [-0.3, -0.25) is 0 Å². The van der Waals surface area contributed by atoms with Crippen molar-refractivity contribution in [2.45, 2.75) is 17.7 Å². The van der Waals surface area contributed by atoms with Gasteiger partial charge >= 0.3 is 0 Å². The molecule has 1 heterocycles. The third-order valence-corrected chi connectivity index (χ3v) is 5.03. The molecule has 0 spiro atoms. The Labute approximate surface area is 126 Å². The molecule has 3 rings (SSSR count). The first-order valence-corrected chi connectivity index (χ1v) is 7.70. The molecule has 2 aromatic rings. The van der Waals surface area contributed by atoms with Crippen LogP contribution >= 0.6 is 11.6 Å². The van der Waals surface area contributed by atoms with Gasteiger partial charge in [-0.15, -0.1) is 11.6 Å². The summed E-state index contributed by atoms with van der Waals surface area (Å²) in [6.45, 7) is 2.11. The zero-order valence-electron chi connectivity index (χ0n) is 11.6. The fraction of sp³-hybridized carbons (Fsp3) is 0.333. The van der Waals surface area contributed by atoms with Crippen LogP contribution in [0, 0.1) is 5.92 Å². The van der Waals surface area contributed by atoms with Gasteiger partial charge in [0, 0.05) is 0 Å². The quantitative estimate of drug-likeness (QED) is 0.835. The van der Waals surface area contributed by atoms with Crippen LogP contribution in [0.2, 0.25) is 0 Å². The van der Waals surface area contributed by atoms with Crippen LogP contribution in [-0.2, 0) is 4.87 Å². The second-order valence-electron chi connectivity index (χ2n) is 5.47. The van der Waals surface area contributed by atoms with Crippen LogP contribution in [0.1, 0.15) is 24.0 Å². The normalized spacial score (nSPS) is 17.1. The Kier molecular flexibility index (Phi) is 4.09. The maximum Gasteiger partial charge on any atom is 0.0973 e. The average Bonchev–Trinajstić information content (AvgIpc) is 2.56. The summed E-state index contributed by atoms with van der Waals surface area (Å²) in [7, 11) is 0. The summed E-state index contributed by atoms with van der Waals surface area (Å²) in [6, 6.07) is 21.0. The summed E-state index contributed by atoms with van der Waals surface area (Å²) in [5.41, 5.74) is 2.42. The van der Waals surface area contributed by atoms with E-state index >= 15 is 0 Å². The zero-order valence-corrected chi connectivity index (χ0v) is 12.3. The smallest absolute Gasteiger partial charge is 0.0973 e. The van der Waals surface area contributed by atoms with Crippen molar-refractivity contribution in [2.24, 2.45) is 5.92 Å². The lowest BCUT2D eigenvalue weighted by Crippen LogP contribution is -2.39. The molecule has 0 radical (unpaired) electrons. The number of rotatable bonds is 3. The molecule has 1 nitrogen and oxygen atoms in total. The number of benzene rings is 2. The monoisotopic (exact) mass is 285 g/mol. The highest BCUT2D eigenvalue weighted by Crippen LogP contribution is 2.46. The maximum atomic E-state index is 7.24. The molecule has 2 aromatic carbocycles. The minimum absolute atomic E-state index is 0.412. The SMILES string of the molecule is ClC(c1ccccc1)(c1ccccc1)C1CCNCC1. The van der Waals surface area contributed by atoms with E-state index in [1.54, 1.807) is 0 Å². The van der Waals surface area contributed by atoms with Crippen molar-refractivity contribution in [2.75, 3.05) is 13.1 Å². The molecule has 0 aliphatic carbocycles. The summed E-state index contributed by atoms with van der Waals surface area (Å²) >= 11 is 7.24. The minimum atomic E-state index is -0.412. The van der Waals surface area contributed by atoms with Crippen LogP contribution in [0.4, 0.5) is 0 Å². The number of alkyl halides is 1. The third kappa shape index (κ3) is 2.48. The van der Waals surface area contributed by atoms with Crippen LogP contribution < -0.4 is 5.32 Å². The Morgan fingerprint density at radius 1 is 0.800 bits per heavy atom. The molecule has 0 saturated carbocycles. The fourth-order valence-electron chi connectivity index (χ4n) is 3.22. The van der Waals surface area contributed by atoms with Gasteiger partial charge in [-0.2, -0.15) is 0 Å². The first-order valence-electron chi connectivity index (χ1n) is 7.32. The Hall–Kier alpha value is -1.31. The van der Waals surface area contributed by atoms with Crippen molar-refractivity contribution in [1.29, 1.82) is 0 Å². The molecule has 0 aromatic heterocycles. The number of piperidine rings is 1. The van der Waals surface area contributed by atoms with Crippen molar-refractivity contribution in [3.05, 3.63) is 71.8 Å². The van der Waals surface area contributed by atoms with Gasteiger partial charge in [0.2, 0.25) is 0 Å². The summed E-state index contributed by atoms with van der Waals surface area (Å²) in [5, 5.41) is 3.43. The van der Waals surface area contributed by atoms with E-state index in [9.17, 15) is 0 Å². The van der Waals surface area contributed by atoms with E-state index in [4.69, 9.17) is 11.6 Å². The molecular formula is C18H20ClN. The summed E-state index contributed by atoms with van der Waals surface area (Å²) in [4.78, 5) is -0.412. The van der Waals surface area contributed by atoms with Crippen LogP contribution in [0.25, 0.3) is 0 Å². The van der Waals surface area contributed by atoms with E-state index in [2.05, 4.69) is 53.8 Å². The lowest BCUT2D eigenvalue weighted by Gasteiger charge is -2.39. The number of hydrogen-bond donors (Lipinski definition) is 1. The minimum Gasteiger partial charge on any atom is -0.317 e. The largest absolute Gasteiger partial charge is 0.317 e. The van der Waals surface area contributed by atoms with E-state index in [1.165, 1.54) is 11.1 Å². The van der Waals surface area contributed by atoms with Crippen molar-refractivity contribution in [3.63, 3.8) is 0 Å². The van der Waals surface area contributed by atoms with Crippen LogP contribution in [-0.4, -0.2) is 13.1 Å². The van der Waals surface area contributed by atoms with Gasteiger partial charge in [0.05, 0.1) is 4.87 Å². The van der Waals surface area contributed by atoms with Gasteiger partial charge in [-0.1, -0.05) is 60.7 Å². The van der Waals surface area contributed by atoms with Crippen LogP contribution in [0.5, 0.6) is 0 Å². The molecule has 1 N–H and O–H groups in total. The molecule has 1 aliphatic rings. The molecular weight excluding hydrogens is 266 g/mol. The molecule has 0 atom stereocenters. The number of hydrogen-bond acceptors (Lipinski definition) is 1. The van der Waals surface area contributed by atoms with E-state index in [1.807, 2.05) is 12.1 Å². The highest BCUT2D eigenvalue weighted by atomic mass is 35.5. The fourth-order valence-corrected chi connectivity index (χ4v) is 3.69. The predicted octanol–water partition coefficient (Wildman–Crippen LogP) is 4.17. The molecule has 0 bridgehead atoms. The van der Waals surface area contributed by atoms with Gasteiger partial charge in [0.25, 0.3) is 0 Å². The lowest BCUT2D eigenvalue weighted by atomic mass is 9.75. The van der Waals surface area contributed by atoms with Gasteiger partial charge in [-0.05, 0) is 43.0 Å². The van der Waals surface area contributed by atoms with E-state index < -0.39 is 4.87 Å². The average molecular weight is 286 g/mol. The third-order valence-electron chi connectivity index (χ3n) is 4.29. The maximum absolute atomic E-state index is 7.24. The summed E-state index contributed by atoms with van der Waals surface area (Å²) in [6.07, 6.45) is 2.24. The zero-order chi connectivity index (χ0) is 13.8. The van der Waals surface area contributed by atoms with Crippen molar-refractivity contribution >= 4 is 11.6 Å². The van der Waals surface area contributed by atoms with Crippen molar-refractivity contribution < 1.29 is 0 Å². The Balaban J connectivity index is 2.07. The lowest BCUT2D eigenvalue weighted by molar-refractivity contribution is 0.316. The van der Waals surface area contributed by atoms with Gasteiger partial charge in [0.15, 0.2) is 0 Å². The first-order chi connectivity index (χ1) is 9.82. The molecule has 20 heavy (non-hydrogen) atoms. The topological polar surface area (TPSA) is 12.0 Å². The molecule has 2 heteroatoms. The predicted molar refractivity (Wildman–Crippen MR) is 85.1 cm³/mol. The summed E-state index contributed by atoms with van der Waals surface area (Å²) in [5.74, 6) is 0.468. The standard InChI is InChI=1S/C18H20ClN/c19-18(15-7-3-1-4-8-15,16-9-5-2-6-10-16)17-11-13-20-14-12-17/h1-10,17,20H,11-14H2. The highest BCUT2D eigenvalue weighted by molar-refractivity contribution is 6.26. The Bertz CT molecular complexity index is 492. The van der Waals surface area contributed by atoms with Gasteiger partial charge in [0.1, 0.15) is 0 Å². The molecule has 1 saturated heterocycles. The van der Waals surface area contributed by atoms with E-state index in [0.29, 0.717) is 5.92 Å². The van der Waals surface area contributed by atoms with Gasteiger partial charge in [-0.25, -0.2) is 0 Å². The van der Waals surface area contributed by atoms with Crippen molar-refractivity contribution in [3.8, 4) is 0 Å². The Morgan fingerprint density at radius 2 is 1.25 bits per heavy atom. The first kappa shape index (κ1) is 13.7. The molecule has 104 valence electrons. The highest BCUT2D eigenvalue weighted by Gasteiger charge is 2.40.